The standard InChI is InChI=1S/C19H12Cl3N3O/c1-10-14(6-11-9-23-17-5-3-2-4-13(11)17)19(26)25(24-10)18-15(21)7-12(20)8-16(18)22/h2-9,24H,1H3. The van der Waals surface area contributed by atoms with Crippen LogP contribution in [-0.2, 0) is 0 Å². The molecule has 130 valence electrons. The van der Waals surface area contributed by atoms with Crippen molar-refractivity contribution in [3.8, 4) is 5.69 Å². The van der Waals surface area contributed by atoms with E-state index in [0.29, 0.717) is 22.0 Å². The Morgan fingerprint density at radius 1 is 1.12 bits per heavy atom. The molecule has 0 atom stereocenters. The number of aryl methyl sites for hydroxylation is 1. The zero-order chi connectivity index (χ0) is 18.4. The number of hydrogen-bond donors (Lipinski definition) is 1. The third kappa shape index (κ3) is 2.80. The number of fused-ring (bicyclic) bond motifs is 1. The van der Waals surface area contributed by atoms with Crippen LogP contribution in [0.1, 0.15) is 16.8 Å². The van der Waals surface area contributed by atoms with Gasteiger partial charge in [0.1, 0.15) is 5.69 Å². The molecule has 3 aromatic rings. The largest absolute Gasteiger partial charge is 0.295 e. The molecule has 4 rings (SSSR count). The summed E-state index contributed by atoms with van der Waals surface area (Å²) in [6, 6.07) is 10.9. The monoisotopic (exact) mass is 403 g/mol. The average molecular weight is 405 g/mol. The van der Waals surface area contributed by atoms with Crippen LogP contribution >= 0.6 is 34.8 Å². The van der Waals surface area contributed by atoms with Gasteiger partial charge in [-0.05, 0) is 31.2 Å². The van der Waals surface area contributed by atoms with Crippen molar-refractivity contribution in [3.63, 3.8) is 0 Å². The van der Waals surface area contributed by atoms with Gasteiger partial charge in [-0.3, -0.25) is 14.9 Å². The molecule has 0 spiro atoms. The van der Waals surface area contributed by atoms with E-state index in [-0.39, 0.29) is 15.6 Å². The molecule has 0 saturated carbocycles. The van der Waals surface area contributed by atoms with Crippen molar-refractivity contribution in [2.45, 2.75) is 6.92 Å². The van der Waals surface area contributed by atoms with E-state index in [1.54, 1.807) is 18.3 Å². The number of rotatable bonds is 2. The Morgan fingerprint density at radius 3 is 2.54 bits per heavy atom. The lowest BCUT2D eigenvalue weighted by Crippen LogP contribution is -2.17. The van der Waals surface area contributed by atoms with Gasteiger partial charge in [-0.15, -0.1) is 0 Å². The minimum absolute atomic E-state index is 0.251. The maximum atomic E-state index is 13.0. The summed E-state index contributed by atoms with van der Waals surface area (Å²) in [4.78, 5) is 17.3. The Balaban J connectivity index is 1.87. The van der Waals surface area contributed by atoms with E-state index in [9.17, 15) is 4.79 Å². The number of para-hydroxylation sites is 1. The van der Waals surface area contributed by atoms with Crippen LogP contribution in [0.3, 0.4) is 0 Å². The zero-order valence-corrected chi connectivity index (χ0v) is 15.8. The number of nitrogens with one attached hydrogen (secondary N) is 1. The highest BCUT2D eigenvalue weighted by Gasteiger charge is 2.18. The summed E-state index contributed by atoms with van der Waals surface area (Å²) in [5.74, 6) is 0. The van der Waals surface area contributed by atoms with Gasteiger partial charge in [-0.2, -0.15) is 0 Å². The molecule has 1 aliphatic heterocycles. The molecule has 0 fully saturated rings. The molecule has 0 bridgehead atoms. The van der Waals surface area contributed by atoms with Crippen LogP contribution in [0.5, 0.6) is 0 Å². The Hall–Kier alpha value is -2.27. The van der Waals surface area contributed by atoms with Gasteiger partial charge < -0.3 is 0 Å². The van der Waals surface area contributed by atoms with E-state index in [0.717, 1.165) is 16.8 Å². The second-order valence-corrected chi connectivity index (χ2v) is 7.13. The molecule has 1 N–H and O–H groups in total. The predicted octanol–water partition coefficient (Wildman–Crippen LogP) is 5.69. The normalized spacial score (nSPS) is 14.2. The molecule has 0 saturated heterocycles. The van der Waals surface area contributed by atoms with Crippen molar-refractivity contribution in [2.24, 2.45) is 4.99 Å². The highest BCUT2D eigenvalue weighted by atomic mass is 35.5. The third-order valence-electron chi connectivity index (χ3n) is 4.18. The van der Waals surface area contributed by atoms with Crippen molar-refractivity contribution in [2.75, 3.05) is 0 Å². The number of hydrogen-bond acceptors (Lipinski definition) is 2. The molecular weight excluding hydrogens is 393 g/mol. The number of H-pyrrole nitrogens is 1. The summed E-state index contributed by atoms with van der Waals surface area (Å²) in [6.45, 7) is 1.82. The van der Waals surface area contributed by atoms with E-state index in [1.807, 2.05) is 37.3 Å². The van der Waals surface area contributed by atoms with Crippen molar-refractivity contribution < 1.29 is 0 Å². The lowest BCUT2D eigenvalue weighted by molar-refractivity contribution is 0.835. The van der Waals surface area contributed by atoms with Gasteiger partial charge in [-0.25, -0.2) is 4.68 Å². The first-order chi connectivity index (χ1) is 12.5. The molecule has 0 aliphatic carbocycles. The van der Waals surface area contributed by atoms with Gasteiger partial charge in [0.25, 0.3) is 5.56 Å². The SMILES string of the molecule is Cc1[nH]n(-c2c(Cl)cc(Cl)cc2Cl)c(=O)c1C=C1C=Nc2ccccc21. The molecule has 2 heterocycles. The summed E-state index contributed by atoms with van der Waals surface area (Å²) < 4.78 is 1.33. The highest BCUT2D eigenvalue weighted by molar-refractivity contribution is 6.40. The number of benzene rings is 2. The molecule has 0 unspecified atom stereocenters. The van der Waals surface area contributed by atoms with E-state index in [4.69, 9.17) is 34.8 Å². The van der Waals surface area contributed by atoms with Gasteiger partial charge in [0.05, 0.1) is 21.3 Å². The van der Waals surface area contributed by atoms with Crippen molar-refractivity contribution in [1.29, 1.82) is 0 Å². The maximum Gasteiger partial charge on any atom is 0.278 e. The summed E-state index contributed by atoms with van der Waals surface area (Å²) >= 11 is 18.5. The first-order valence-corrected chi connectivity index (χ1v) is 8.91. The van der Waals surface area contributed by atoms with Crippen LogP contribution < -0.4 is 5.56 Å². The van der Waals surface area contributed by atoms with Gasteiger partial charge in [0, 0.05) is 28.1 Å². The van der Waals surface area contributed by atoms with Crippen molar-refractivity contribution in [1.82, 2.24) is 9.78 Å². The first-order valence-electron chi connectivity index (χ1n) is 7.77. The fraction of sp³-hybridized carbons (Fsp3) is 0.0526. The fourth-order valence-corrected chi connectivity index (χ4v) is 3.93. The van der Waals surface area contributed by atoms with E-state index >= 15 is 0 Å². The van der Waals surface area contributed by atoms with Gasteiger partial charge in [-0.1, -0.05) is 53.0 Å². The topological polar surface area (TPSA) is 50.1 Å². The molecule has 26 heavy (non-hydrogen) atoms. The van der Waals surface area contributed by atoms with Gasteiger partial charge >= 0.3 is 0 Å². The Bertz CT molecular complexity index is 1130. The summed E-state index contributed by atoms with van der Waals surface area (Å²) in [5, 5.41) is 4.01. The number of aromatic nitrogens is 2. The second-order valence-electron chi connectivity index (χ2n) is 5.88. The molecular formula is C19H12Cl3N3O. The Kier molecular flexibility index (Phi) is 4.27. The zero-order valence-electron chi connectivity index (χ0n) is 13.6. The van der Waals surface area contributed by atoms with Crippen LogP contribution in [0.2, 0.25) is 15.1 Å². The summed E-state index contributed by atoms with van der Waals surface area (Å²) in [6.07, 6.45) is 3.57. The van der Waals surface area contributed by atoms with Crippen LogP contribution in [0.25, 0.3) is 17.3 Å². The predicted molar refractivity (Wildman–Crippen MR) is 109 cm³/mol. The van der Waals surface area contributed by atoms with E-state index < -0.39 is 0 Å². The van der Waals surface area contributed by atoms with Crippen LogP contribution in [0.4, 0.5) is 5.69 Å². The molecule has 1 aliphatic rings. The number of allylic oxidation sites excluding steroid dienone is 1. The molecule has 7 heteroatoms. The molecule has 1 aromatic heterocycles. The fourth-order valence-electron chi connectivity index (χ4n) is 2.94. The number of aromatic amines is 1. The second kappa shape index (κ2) is 6.47. The Morgan fingerprint density at radius 2 is 1.81 bits per heavy atom. The molecule has 4 nitrogen and oxygen atoms in total. The number of halogens is 3. The summed E-state index contributed by atoms with van der Waals surface area (Å²) in [5.41, 5.74) is 4.08. The Labute approximate surface area is 164 Å². The first kappa shape index (κ1) is 17.2. The van der Waals surface area contributed by atoms with Crippen molar-refractivity contribution in [3.05, 3.63) is 78.6 Å². The van der Waals surface area contributed by atoms with Crippen molar-refractivity contribution >= 4 is 58.4 Å². The molecule has 0 radical (unpaired) electrons. The lowest BCUT2D eigenvalue weighted by Gasteiger charge is -2.07. The quantitative estimate of drug-likeness (QED) is 0.586. The van der Waals surface area contributed by atoms with Crippen LogP contribution in [0.15, 0.2) is 46.2 Å². The smallest absolute Gasteiger partial charge is 0.278 e. The van der Waals surface area contributed by atoms with Gasteiger partial charge in [0.2, 0.25) is 0 Å². The summed E-state index contributed by atoms with van der Waals surface area (Å²) in [7, 11) is 0. The lowest BCUT2D eigenvalue weighted by atomic mass is 10.0. The number of nitrogens with zero attached hydrogens (tertiary/aromatic N) is 2. The maximum absolute atomic E-state index is 13.0. The molecule has 2 aromatic carbocycles. The van der Waals surface area contributed by atoms with E-state index in [2.05, 4.69) is 10.1 Å². The average Bonchev–Trinajstić information content (AvgIpc) is 3.11. The van der Waals surface area contributed by atoms with E-state index in [1.165, 1.54) is 4.68 Å². The third-order valence-corrected chi connectivity index (χ3v) is 4.97. The number of aliphatic imine (C=N–C) groups is 1. The molecule has 0 amide bonds. The highest BCUT2D eigenvalue weighted by Crippen LogP contribution is 2.33. The van der Waals surface area contributed by atoms with Crippen LogP contribution in [0, 0.1) is 6.92 Å². The van der Waals surface area contributed by atoms with Crippen LogP contribution in [-0.4, -0.2) is 16.0 Å². The minimum Gasteiger partial charge on any atom is -0.295 e. The van der Waals surface area contributed by atoms with Gasteiger partial charge in [0.15, 0.2) is 0 Å². The minimum atomic E-state index is -0.251.